The molecule has 0 aliphatic heterocycles. The topological polar surface area (TPSA) is 32.3 Å². The van der Waals surface area contributed by atoms with Gasteiger partial charge < -0.3 is 10.4 Å². The Bertz CT molecular complexity index is 515. The first-order valence-corrected chi connectivity index (χ1v) is 8.07. The predicted molar refractivity (Wildman–Crippen MR) is 84.8 cm³/mol. The van der Waals surface area contributed by atoms with Gasteiger partial charge in [-0.05, 0) is 47.4 Å². The van der Waals surface area contributed by atoms with Gasteiger partial charge in [0.2, 0.25) is 0 Å². The Labute approximate surface area is 119 Å². The molecule has 0 saturated carbocycles. The molecular weight excluding hydrogens is 254 g/mol. The van der Waals surface area contributed by atoms with Crippen LogP contribution in [0.1, 0.15) is 18.1 Å². The van der Waals surface area contributed by atoms with E-state index in [-0.39, 0.29) is 0 Å². The van der Waals surface area contributed by atoms with E-state index in [1.165, 1.54) is 16.5 Å². The molecule has 0 aliphatic carbocycles. The third kappa shape index (κ3) is 4.23. The maximum absolute atomic E-state index is 10.2. The highest BCUT2D eigenvalue weighted by atomic mass is 32.2. The quantitative estimate of drug-likeness (QED) is 0.761. The van der Waals surface area contributed by atoms with Crippen LogP contribution < -0.4 is 5.32 Å². The highest BCUT2D eigenvalue weighted by molar-refractivity contribution is 7.98. The summed E-state index contributed by atoms with van der Waals surface area (Å²) in [6.45, 7) is 1.58. The van der Waals surface area contributed by atoms with Gasteiger partial charge in [0.05, 0.1) is 6.10 Å². The molecule has 0 unspecified atom stereocenters. The van der Waals surface area contributed by atoms with Crippen molar-refractivity contribution >= 4 is 22.5 Å². The van der Waals surface area contributed by atoms with Gasteiger partial charge in [-0.3, -0.25) is 0 Å². The fourth-order valence-electron chi connectivity index (χ4n) is 2.11. The molecule has 0 amide bonds. The summed E-state index contributed by atoms with van der Waals surface area (Å²) in [5.41, 5.74) is 0.982. The first kappa shape index (κ1) is 14.4. The van der Waals surface area contributed by atoms with Gasteiger partial charge in [0.15, 0.2) is 0 Å². The minimum Gasteiger partial charge on any atom is -0.387 e. The van der Waals surface area contributed by atoms with Crippen molar-refractivity contribution < 1.29 is 5.11 Å². The number of aliphatic hydroxyl groups is 1. The zero-order valence-corrected chi connectivity index (χ0v) is 12.1. The van der Waals surface area contributed by atoms with Crippen LogP contribution in [0.4, 0.5) is 0 Å². The average molecular weight is 275 g/mol. The molecular formula is C16H21NOS. The summed E-state index contributed by atoms with van der Waals surface area (Å²) in [6, 6.07) is 14.4. The Morgan fingerprint density at radius 3 is 2.74 bits per heavy atom. The second kappa shape index (κ2) is 7.53. The van der Waals surface area contributed by atoms with Crippen LogP contribution in [0.2, 0.25) is 0 Å². The number of nitrogens with one attached hydrogen (secondary N) is 1. The third-order valence-corrected chi connectivity index (χ3v) is 3.89. The summed E-state index contributed by atoms with van der Waals surface area (Å²) >= 11 is 1.86. The molecule has 2 aromatic carbocycles. The van der Waals surface area contributed by atoms with Crippen molar-refractivity contribution in [1.29, 1.82) is 0 Å². The van der Waals surface area contributed by atoms with Crippen molar-refractivity contribution in [3.05, 3.63) is 48.0 Å². The van der Waals surface area contributed by atoms with E-state index in [2.05, 4.69) is 35.8 Å². The van der Waals surface area contributed by atoms with Crippen molar-refractivity contribution in [2.75, 3.05) is 25.1 Å². The Morgan fingerprint density at radius 2 is 1.95 bits per heavy atom. The number of aliphatic hydroxyl groups excluding tert-OH is 1. The van der Waals surface area contributed by atoms with Crippen molar-refractivity contribution in [2.24, 2.45) is 0 Å². The number of hydrogen-bond donors (Lipinski definition) is 2. The van der Waals surface area contributed by atoms with E-state index >= 15 is 0 Å². The molecule has 0 spiro atoms. The van der Waals surface area contributed by atoms with E-state index in [0.29, 0.717) is 6.54 Å². The van der Waals surface area contributed by atoms with Crippen LogP contribution in [0.5, 0.6) is 0 Å². The first-order valence-electron chi connectivity index (χ1n) is 6.67. The zero-order valence-electron chi connectivity index (χ0n) is 11.3. The molecule has 2 nitrogen and oxygen atoms in total. The summed E-state index contributed by atoms with van der Waals surface area (Å²) in [6.07, 6.45) is 2.83. The van der Waals surface area contributed by atoms with Gasteiger partial charge in [0, 0.05) is 6.54 Å². The monoisotopic (exact) mass is 275 g/mol. The zero-order chi connectivity index (χ0) is 13.5. The van der Waals surface area contributed by atoms with Crippen molar-refractivity contribution in [3.8, 4) is 0 Å². The van der Waals surface area contributed by atoms with E-state index < -0.39 is 6.10 Å². The Morgan fingerprint density at radius 1 is 1.16 bits per heavy atom. The number of hydrogen-bond acceptors (Lipinski definition) is 3. The highest BCUT2D eigenvalue weighted by Gasteiger charge is 2.07. The molecule has 0 saturated heterocycles. The van der Waals surface area contributed by atoms with Crippen LogP contribution in [0.15, 0.2) is 42.5 Å². The van der Waals surface area contributed by atoms with Crippen LogP contribution in [0, 0.1) is 0 Å². The van der Waals surface area contributed by atoms with Gasteiger partial charge >= 0.3 is 0 Å². The molecule has 0 radical (unpaired) electrons. The lowest BCUT2D eigenvalue weighted by Crippen LogP contribution is -2.22. The van der Waals surface area contributed by atoms with Crippen LogP contribution >= 0.6 is 11.8 Å². The number of thioether (sulfide) groups is 1. The van der Waals surface area contributed by atoms with E-state index in [9.17, 15) is 5.11 Å². The van der Waals surface area contributed by atoms with E-state index in [0.717, 1.165) is 18.5 Å². The van der Waals surface area contributed by atoms with Crippen LogP contribution in [-0.2, 0) is 0 Å². The first-order chi connectivity index (χ1) is 9.31. The minimum absolute atomic E-state index is 0.432. The third-order valence-electron chi connectivity index (χ3n) is 3.20. The van der Waals surface area contributed by atoms with Crippen LogP contribution in [-0.4, -0.2) is 30.2 Å². The summed E-state index contributed by atoms with van der Waals surface area (Å²) in [5, 5.41) is 15.9. The molecule has 0 aromatic heterocycles. The Balaban J connectivity index is 1.91. The molecule has 0 bridgehead atoms. The van der Waals surface area contributed by atoms with Gasteiger partial charge in [-0.2, -0.15) is 11.8 Å². The largest absolute Gasteiger partial charge is 0.387 e. The highest BCUT2D eigenvalue weighted by Crippen LogP contribution is 2.19. The molecule has 0 fully saturated rings. The van der Waals surface area contributed by atoms with Gasteiger partial charge in [0.1, 0.15) is 0 Å². The van der Waals surface area contributed by atoms with E-state index in [4.69, 9.17) is 0 Å². The van der Waals surface area contributed by atoms with E-state index in [1.54, 1.807) is 0 Å². The molecule has 102 valence electrons. The van der Waals surface area contributed by atoms with Gasteiger partial charge in [-0.25, -0.2) is 0 Å². The Kier molecular flexibility index (Phi) is 5.70. The van der Waals surface area contributed by atoms with Crippen molar-refractivity contribution in [1.82, 2.24) is 5.32 Å². The lowest BCUT2D eigenvalue weighted by atomic mass is 10.0. The van der Waals surface area contributed by atoms with Gasteiger partial charge in [-0.15, -0.1) is 0 Å². The second-order valence-electron chi connectivity index (χ2n) is 4.67. The lowest BCUT2D eigenvalue weighted by molar-refractivity contribution is 0.175. The normalized spacial score (nSPS) is 12.7. The summed E-state index contributed by atoms with van der Waals surface area (Å²) in [5.74, 6) is 1.17. The summed E-state index contributed by atoms with van der Waals surface area (Å²) in [7, 11) is 0. The number of fused-ring (bicyclic) bond motifs is 1. The standard InChI is InChI=1S/C16H21NOS/c1-19-10-4-9-17-12-16(18)15-8-7-13-5-2-3-6-14(13)11-15/h2-3,5-8,11,16-18H,4,9-10,12H2,1H3/t16-/m1/s1. The fourth-order valence-corrected chi connectivity index (χ4v) is 2.55. The predicted octanol–water partition coefficient (Wildman–Crippen LogP) is 3.22. The second-order valence-corrected chi connectivity index (χ2v) is 5.66. The average Bonchev–Trinajstić information content (AvgIpc) is 2.46. The maximum atomic E-state index is 10.2. The number of benzene rings is 2. The molecule has 2 aromatic rings. The molecule has 0 heterocycles. The van der Waals surface area contributed by atoms with Crippen LogP contribution in [0.3, 0.4) is 0 Å². The van der Waals surface area contributed by atoms with Gasteiger partial charge in [-0.1, -0.05) is 36.4 Å². The molecule has 2 N–H and O–H groups in total. The molecule has 19 heavy (non-hydrogen) atoms. The van der Waals surface area contributed by atoms with E-state index in [1.807, 2.05) is 30.0 Å². The van der Waals surface area contributed by atoms with Crippen molar-refractivity contribution in [2.45, 2.75) is 12.5 Å². The molecule has 2 rings (SSSR count). The summed E-state index contributed by atoms with van der Waals surface area (Å²) < 4.78 is 0. The van der Waals surface area contributed by atoms with Gasteiger partial charge in [0.25, 0.3) is 0 Å². The maximum Gasteiger partial charge on any atom is 0.0914 e. The molecule has 1 atom stereocenters. The smallest absolute Gasteiger partial charge is 0.0914 e. The Hall–Kier alpha value is -1.03. The molecule has 0 aliphatic rings. The van der Waals surface area contributed by atoms with Crippen LogP contribution in [0.25, 0.3) is 10.8 Å². The number of rotatable bonds is 7. The van der Waals surface area contributed by atoms with Crippen molar-refractivity contribution in [3.63, 3.8) is 0 Å². The summed E-state index contributed by atoms with van der Waals surface area (Å²) in [4.78, 5) is 0. The SMILES string of the molecule is CSCCCNC[C@@H](O)c1ccc2ccccc2c1. The molecule has 3 heteroatoms. The fraction of sp³-hybridized carbons (Fsp3) is 0.375. The minimum atomic E-state index is -0.432. The lowest BCUT2D eigenvalue weighted by Gasteiger charge is -2.13.